The highest BCUT2D eigenvalue weighted by Crippen LogP contribution is 2.30. The van der Waals surface area contributed by atoms with Crippen molar-refractivity contribution < 1.29 is 9.72 Å². The highest BCUT2D eigenvalue weighted by molar-refractivity contribution is 6.40. The van der Waals surface area contributed by atoms with E-state index in [1.54, 1.807) is 18.2 Å². The molecule has 8 heteroatoms. The largest absolute Gasteiger partial charge is 0.319 e. The second-order valence-electron chi connectivity index (χ2n) is 4.54. The third-order valence-corrected chi connectivity index (χ3v) is 3.63. The highest BCUT2D eigenvalue weighted by atomic mass is 35.5. The number of hydrogen-bond donors (Lipinski definition) is 1. The van der Waals surface area contributed by atoms with Gasteiger partial charge in [-0.05, 0) is 24.3 Å². The van der Waals surface area contributed by atoms with Crippen molar-refractivity contribution in [3.8, 4) is 6.07 Å². The first-order valence-corrected chi connectivity index (χ1v) is 7.30. The summed E-state index contributed by atoms with van der Waals surface area (Å²) in [7, 11) is 0. The van der Waals surface area contributed by atoms with E-state index in [1.165, 1.54) is 30.3 Å². The van der Waals surface area contributed by atoms with E-state index in [2.05, 4.69) is 5.32 Å². The molecule has 1 amide bonds. The van der Waals surface area contributed by atoms with E-state index in [1.807, 2.05) is 0 Å². The number of nitro benzene ring substituents is 1. The molecule has 0 bridgehead atoms. The van der Waals surface area contributed by atoms with Crippen LogP contribution >= 0.6 is 23.2 Å². The van der Waals surface area contributed by atoms with Crippen LogP contribution in [0.15, 0.2) is 48.0 Å². The van der Waals surface area contributed by atoms with Crippen molar-refractivity contribution in [3.63, 3.8) is 0 Å². The van der Waals surface area contributed by atoms with Crippen molar-refractivity contribution in [2.75, 3.05) is 5.32 Å². The Morgan fingerprint density at radius 2 is 1.79 bits per heavy atom. The predicted molar refractivity (Wildman–Crippen MR) is 91.8 cm³/mol. The number of halogens is 2. The number of carbonyl (C=O) groups excluding carboxylic acids is 1. The number of anilines is 1. The van der Waals surface area contributed by atoms with Gasteiger partial charge in [-0.3, -0.25) is 14.9 Å². The van der Waals surface area contributed by atoms with E-state index < -0.39 is 10.8 Å². The zero-order valence-corrected chi connectivity index (χ0v) is 13.5. The minimum absolute atomic E-state index is 0.138. The Morgan fingerprint density at radius 3 is 2.38 bits per heavy atom. The molecule has 0 unspecified atom stereocenters. The van der Waals surface area contributed by atoms with E-state index in [0.717, 1.165) is 6.08 Å². The van der Waals surface area contributed by atoms with E-state index in [9.17, 15) is 20.2 Å². The highest BCUT2D eigenvalue weighted by Gasteiger charge is 2.16. The number of nitrogens with one attached hydrogen (secondary N) is 1. The molecule has 0 fully saturated rings. The number of nitriles is 1. The van der Waals surface area contributed by atoms with Crippen LogP contribution in [-0.2, 0) is 4.79 Å². The Labute approximate surface area is 147 Å². The van der Waals surface area contributed by atoms with Gasteiger partial charge >= 0.3 is 0 Å². The van der Waals surface area contributed by atoms with Crippen molar-refractivity contribution >= 4 is 46.6 Å². The first kappa shape index (κ1) is 17.5. The summed E-state index contributed by atoms with van der Waals surface area (Å²) in [5, 5.41) is 23.0. The van der Waals surface area contributed by atoms with E-state index >= 15 is 0 Å². The smallest absolute Gasteiger partial charge is 0.276 e. The zero-order valence-electron chi connectivity index (χ0n) is 12.0. The van der Waals surface area contributed by atoms with Crippen molar-refractivity contribution in [1.82, 2.24) is 0 Å². The normalized spacial score (nSPS) is 10.8. The van der Waals surface area contributed by atoms with Gasteiger partial charge in [0, 0.05) is 6.07 Å². The first-order valence-electron chi connectivity index (χ1n) is 6.54. The van der Waals surface area contributed by atoms with Crippen LogP contribution in [0.4, 0.5) is 11.4 Å². The van der Waals surface area contributed by atoms with Gasteiger partial charge in [0.25, 0.3) is 11.6 Å². The summed E-state index contributed by atoms with van der Waals surface area (Å²) < 4.78 is 0. The second-order valence-corrected chi connectivity index (χ2v) is 5.35. The van der Waals surface area contributed by atoms with Crippen molar-refractivity contribution in [1.29, 1.82) is 5.26 Å². The Balaban J connectivity index is 2.37. The van der Waals surface area contributed by atoms with Crippen LogP contribution in [0.5, 0.6) is 0 Å². The average Bonchev–Trinajstić information content (AvgIpc) is 2.56. The number of carbonyl (C=O) groups is 1. The molecule has 1 N–H and O–H groups in total. The van der Waals surface area contributed by atoms with Crippen LogP contribution in [0.2, 0.25) is 10.0 Å². The maximum Gasteiger partial charge on any atom is 0.276 e. The number of benzene rings is 2. The van der Waals surface area contributed by atoms with Crippen LogP contribution in [0.1, 0.15) is 5.56 Å². The molecule has 0 spiro atoms. The molecule has 0 radical (unpaired) electrons. The molecule has 2 aromatic rings. The van der Waals surface area contributed by atoms with Crippen molar-refractivity contribution in [3.05, 3.63) is 73.8 Å². The fourth-order valence-corrected chi connectivity index (χ4v) is 2.37. The van der Waals surface area contributed by atoms with Crippen LogP contribution in [-0.4, -0.2) is 10.8 Å². The molecule has 0 aliphatic rings. The van der Waals surface area contributed by atoms with Crippen molar-refractivity contribution in [2.24, 2.45) is 0 Å². The van der Waals surface area contributed by atoms with Gasteiger partial charge in [-0.15, -0.1) is 0 Å². The maximum absolute atomic E-state index is 12.2. The summed E-state index contributed by atoms with van der Waals surface area (Å²) in [6, 6.07) is 12.2. The van der Waals surface area contributed by atoms with Gasteiger partial charge in [0.1, 0.15) is 11.6 Å². The van der Waals surface area contributed by atoms with E-state index in [-0.39, 0.29) is 32.6 Å². The lowest BCUT2D eigenvalue weighted by molar-refractivity contribution is -0.385. The summed E-state index contributed by atoms with van der Waals surface area (Å²) in [6.07, 6.45) is 1.14. The molecule has 2 rings (SSSR count). The Hall–Kier alpha value is -2.88. The standard InChI is InChI=1S/C16H9Cl2N3O3/c17-12-5-3-6-13(18)15(12)20-16(22)11(9-19)8-10-4-1-2-7-14(10)21(23)24/h1-8H,(H,20,22)/b11-8-. The summed E-state index contributed by atoms with van der Waals surface area (Å²) >= 11 is 11.9. The van der Waals surface area contributed by atoms with Gasteiger partial charge in [0.05, 0.1) is 26.2 Å². The molecule has 0 aromatic heterocycles. The first-order chi connectivity index (χ1) is 11.4. The van der Waals surface area contributed by atoms with Crippen LogP contribution < -0.4 is 5.32 Å². The summed E-state index contributed by atoms with van der Waals surface area (Å²) in [6.45, 7) is 0. The van der Waals surface area contributed by atoms with Gasteiger partial charge in [-0.1, -0.05) is 41.4 Å². The second kappa shape index (κ2) is 7.59. The molecular formula is C16H9Cl2N3O3. The molecule has 2 aromatic carbocycles. The summed E-state index contributed by atoms with van der Waals surface area (Å²) in [4.78, 5) is 22.7. The molecule has 0 aliphatic carbocycles. The predicted octanol–water partition coefficient (Wildman–Crippen LogP) is 4.45. The zero-order chi connectivity index (χ0) is 17.7. The van der Waals surface area contributed by atoms with Gasteiger partial charge in [0.15, 0.2) is 0 Å². The maximum atomic E-state index is 12.2. The quantitative estimate of drug-likeness (QED) is 0.376. The third kappa shape index (κ3) is 3.90. The van der Waals surface area contributed by atoms with E-state index in [0.29, 0.717) is 0 Å². The molecular weight excluding hydrogens is 353 g/mol. The van der Waals surface area contributed by atoms with Crippen LogP contribution in [0.3, 0.4) is 0 Å². The molecule has 0 atom stereocenters. The van der Waals surface area contributed by atoms with Crippen LogP contribution in [0.25, 0.3) is 6.08 Å². The lowest BCUT2D eigenvalue weighted by Crippen LogP contribution is -2.14. The number of nitro groups is 1. The number of nitrogens with zero attached hydrogens (tertiary/aromatic N) is 2. The lowest BCUT2D eigenvalue weighted by atomic mass is 10.1. The summed E-state index contributed by atoms with van der Waals surface area (Å²) in [5.41, 5.74) is -0.233. The molecule has 0 heterocycles. The van der Waals surface area contributed by atoms with Gasteiger partial charge in [-0.2, -0.15) is 5.26 Å². The number of hydrogen-bond acceptors (Lipinski definition) is 4. The van der Waals surface area contributed by atoms with Crippen molar-refractivity contribution in [2.45, 2.75) is 0 Å². The molecule has 120 valence electrons. The molecule has 24 heavy (non-hydrogen) atoms. The van der Waals surface area contributed by atoms with Gasteiger partial charge in [-0.25, -0.2) is 0 Å². The summed E-state index contributed by atoms with van der Waals surface area (Å²) in [5.74, 6) is -0.773. The minimum Gasteiger partial charge on any atom is -0.319 e. The third-order valence-electron chi connectivity index (χ3n) is 3.00. The van der Waals surface area contributed by atoms with Gasteiger partial charge in [0.2, 0.25) is 0 Å². The molecule has 0 saturated heterocycles. The SMILES string of the molecule is N#C/C(=C/c1ccccc1[N+](=O)[O-])C(=O)Nc1c(Cl)cccc1Cl. The Kier molecular flexibility index (Phi) is 5.53. The Morgan fingerprint density at radius 1 is 1.17 bits per heavy atom. The monoisotopic (exact) mass is 361 g/mol. The number of rotatable bonds is 4. The molecule has 6 nitrogen and oxygen atoms in total. The molecule has 0 saturated carbocycles. The topological polar surface area (TPSA) is 96.0 Å². The van der Waals surface area contributed by atoms with E-state index in [4.69, 9.17) is 23.2 Å². The number of amides is 1. The number of para-hydroxylation sites is 2. The van der Waals surface area contributed by atoms with Gasteiger partial charge < -0.3 is 5.32 Å². The fraction of sp³-hybridized carbons (Fsp3) is 0. The molecule has 0 aliphatic heterocycles. The fourth-order valence-electron chi connectivity index (χ4n) is 1.88. The Bertz CT molecular complexity index is 868. The lowest BCUT2D eigenvalue weighted by Gasteiger charge is -2.08. The minimum atomic E-state index is -0.773. The van der Waals surface area contributed by atoms with Crippen LogP contribution in [0, 0.1) is 21.4 Å². The average molecular weight is 362 g/mol.